The van der Waals surface area contributed by atoms with Gasteiger partial charge in [0.25, 0.3) is 0 Å². The third kappa shape index (κ3) is 2.40. The van der Waals surface area contributed by atoms with Crippen molar-refractivity contribution in [3.05, 3.63) is 23.9 Å². The normalized spacial score (nSPS) is 20.8. The van der Waals surface area contributed by atoms with Gasteiger partial charge in [0.05, 0.1) is 7.11 Å². The molecule has 16 heavy (non-hydrogen) atoms. The van der Waals surface area contributed by atoms with Crippen LogP contribution in [0.15, 0.2) is 18.3 Å². The molecule has 1 aliphatic carbocycles. The molecule has 0 amide bonds. The fourth-order valence-corrected chi connectivity index (χ4v) is 2.30. The summed E-state index contributed by atoms with van der Waals surface area (Å²) in [5, 5.41) is 0. The van der Waals surface area contributed by atoms with E-state index in [1.165, 1.54) is 6.42 Å². The predicted octanol–water partition coefficient (Wildman–Crippen LogP) is 2.39. The van der Waals surface area contributed by atoms with Crippen LogP contribution in [0.3, 0.4) is 0 Å². The Kier molecular flexibility index (Phi) is 3.54. The van der Waals surface area contributed by atoms with E-state index < -0.39 is 0 Å². The lowest BCUT2D eigenvalue weighted by molar-refractivity contribution is -0.124. The Balaban J connectivity index is 2.10. The van der Waals surface area contributed by atoms with Gasteiger partial charge in [0.1, 0.15) is 5.78 Å². The van der Waals surface area contributed by atoms with Gasteiger partial charge < -0.3 is 4.74 Å². The van der Waals surface area contributed by atoms with Crippen LogP contribution in [0.25, 0.3) is 0 Å². The number of pyridine rings is 1. The molecule has 0 bridgehead atoms. The molecule has 1 fully saturated rings. The molecule has 1 atom stereocenters. The van der Waals surface area contributed by atoms with Gasteiger partial charge in [0.2, 0.25) is 5.88 Å². The molecule has 0 N–H and O–H groups in total. The van der Waals surface area contributed by atoms with Crippen molar-refractivity contribution in [2.75, 3.05) is 7.11 Å². The average Bonchev–Trinajstić information content (AvgIpc) is 2.33. The first-order valence-corrected chi connectivity index (χ1v) is 5.82. The van der Waals surface area contributed by atoms with Gasteiger partial charge in [-0.15, -0.1) is 0 Å². The molecule has 0 radical (unpaired) electrons. The third-order valence-electron chi connectivity index (χ3n) is 3.19. The van der Waals surface area contributed by atoms with Gasteiger partial charge in [-0.25, -0.2) is 4.98 Å². The van der Waals surface area contributed by atoms with E-state index in [0.717, 1.165) is 31.2 Å². The summed E-state index contributed by atoms with van der Waals surface area (Å²) in [5.41, 5.74) is 1.05. The van der Waals surface area contributed by atoms with Crippen LogP contribution < -0.4 is 4.74 Å². The number of ketones is 1. The smallest absolute Gasteiger partial charge is 0.216 e. The standard InChI is InChI=1S/C13H17NO2/c1-16-13-11(6-4-8-14-13)9-10-5-2-3-7-12(10)15/h4,6,8,10H,2-3,5,7,9H2,1H3. The van der Waals surface area contributed by atoms with Gasteiger partial charge in [0.15, 0.2) is 0 Å². The van der Waals surface area contributed by atoms with Gasteiger partial charge >= 0.3 is 0 Å². The third-order valence-corrected chi connectivity index (χ3v) is 3.19. The first kappa shape index (κ1) is 11.1. The molecule has 3 heteroatoms. The maximum atomic E-state index is 11.7. The second-order valence-corrected chi connectivity index (χ2v) is 4.28. The maximum absolute atomic E-state index is 11.7. The fraction of sp³-hybridized carbons (Fsp3) is 0.538. The Morgan fingerprint density at radius 2 is 2.38 bits per heavy atom. The summed E-state index contributed by atoms with van der Waals surface area (Å²) in [4.78, 5) is 15.9. The Bertz CT molecular complexity index is 376. The summed E-state index contributed by atoms with van der Waals surface area (Å²) in [6.07, 6.45) is 6.46. The van der Waals surface area contributed by atoms with Crippen LogP contribution in [-0.4, -0.2) is 17.9 Å². The van der Waals surface area contributed by atoms with Crippen molar-refractivity contribution >= 4 is 5.78 Å². The Hall–Kier alpha value is -1.38. The van der Waals surface area contributed by atoms with E-state index in [4.69, 9.17) is 4.74 Å². The summed E-state index contributed by atoms with van der Waals surface area (Å²) in [6, 6.07) is 3.89. The van der Waals surface area contributed by atoms with E-state index in [0.29, 0.717) is 11.7 Å². The summed E-state index contributed by atoms with van der Waals surface area (Å²) in [7, 11) is 1.62. The highest BCUT2D eigenvalue weighted by Crippen LogP contribution is 2.26. The number of aromatic nitrogens is 1. The second-order valence-electron chi connectivity index (χ2n) is 4.28. The molecular weight excluding hydrogens is 202 g/mol. The molecule has 3 nitrogen and oxygen atoms in total. The first-order chi connectivity index (χ1) is 7.81. The minimum Gasteiger partial charge on any atom is -0.481 e. The second kappa shape index (κ2) is 5.10. The predicted molar refractivity (Wildman–Crippen MR) is 61.5 cm³/mol. The number of methoxy groups -OCH3 is 1. The largest absolute Gasteiger partial charge is 0.481 e. The lowest BCUT2D eigenvalue weighted by Crippen LogP contribution is -2.21. The van der Waals surface area contributed by atoms with Gasteiger partial charge in [0, 0.05) is 24.1 Å². The molecule has 0 aliphatic heterocycles. The molecule has 1 aromatic heterocycles. The molecule has 0 aromatic carbocycles. The summed E-state index contributed by atoms with van der Waals surface area (Å²) in [6.45, 7) is 0. The molecule has 1 aliphatic rings. The topological polar surface area (TPSA) is 39.2 Å². The molecular formula is C13H17NO2. The lowest BCUT2D eigenvalue weighted by Gasteiger charge is -2.20. The molecule has 1 unspecified atom stereocenters. The van der Waals surface area contributed by atoms with Crippen LogP contribution in [0.5, 0.6) is 5.88 Å². The van der Waals surface area contributed by atoms with Crippen molar-refractivity contribution in [1.82, 2.24) is 4.98 Å². The van der Waals surface area contributed by atoms with Gasteiger partial charge in [-0.2, -0.15) is 0 Å². The van der Waals surface area contributed by atoms with E-state index in [-0.39, 0.29) is 5.92 Å². The van der Waals surface area contributed by atoms with Crippen molar-refractivity contribution in [3.63, 3.8) is 0 Å². The number of ether oxygens (including phenoxy) is 1. The Labute approximate surface area is 95.8 Å². The zero-order valence-corrected chi connectivity index (χ0v) is 9.61. The van der Waals surface area contributed by atoms with Crippen molar-refractivity contribution in [3.8, 4) is 5.88 Å². The summed E-state index contributed by atoms with van der Waals surface area (Å²) in [5.74, 6) is 1.23. The molecule has 1 saturated carbocycles. The van der Waals surface area contributed by atoms with E-state index in [1.807, 2.05) is 12.1 Å². The van der Waals surface area contributed by atoms with E-state index in [1.54, 1.807) is 13.3 Å². The molecule has 0 spiro atoms. The lowest BCUT2D eigenvalue weighted by atomic mass is 9.84. The minimum absolute atomic E-state index is 0.173. The zero-order chi connectivity index (χ0) is 11.4. The maximum Gasteiger partial charge on any atom is 0.216 e. The van der Waals surface area contributed by atoms with Crippen LogP contribution in [-0.2, 0) is 11.2 Å². The molecule has 2 rings (SSSR count). The fourth-order valence-electron chi connectivity index (χ4n) is 2.30. The number of hydrogen-bond donors (Lipinski definition) is 0. The van der Waals surface area contributed by atoms with Crippen molar-refractivity contribution in [2.24, 2.45) is 5.92 Å². The van der Waals surface area contributed by atoms with E-state index in [2.05, 4.69) is 4.98 Å². The van der Waals surface area contributed by atoms with Crippen molar-refractivity contribution in [2.45, 2.75) is 32.1 Å². The summed E-state index contributed by atoms with van der Waals surface area (Å²) < 4.78 is 5.20. The number of nitrogens with zero attached hydrogens (tertiary/aromatic N) is 1. The van der Waals surface area contributed by atoms with Crippen molar-refractivity contribution < 1.29 is 9.53 Å². The van der Waals surface area contributed by atoms with Crippen LogP contribution in [0.4, 0.5) is 0 Å². The Morgan fingerprint density at radius 3 is 3.12 bits per heavy atom. The average molecular weight is 219 g/mol. The number of carbonyl (C=O) groups excluding carboxylic acids is 1. The number of rotatable bonds is 3. The van der Waals surface area contributed by atoms with Gasteiger partial charge in [-0.1, -0.05) is 12.5 Å². The monoisotopic (exact) mass is 219 g/mol. The van der Waals surface area contributed by atoms with Gasteiger partial charge in [-0.3, -0.25) is 4.79 Å². The van der Waals surface area contributed by atoms with Crippen LogP contribution in [0.1, 0.15) is 31.2 Å². The highest BCUT2D eigenvalue weighted by Gasteiger charge is 2.23. The number of Topliss-reactive ketones (excluding diaryl/α,β-unsaturated/α-hetero) is 1. The Morgan fingerprint density at radius 1 is 1.50 bits per heavy atom. The SMILES string of the molecule is COc1ncccc1CC1CCCCC1=O. The highest BCUT2D eigenvalue weighted by atomic mass is 16.5. The van der Waals surface area contributed by atoms with Crippen molar-refractivity contribution in [1.29, 1.82) is 0 Å². The minimum atomic E-state index is 0.173. The molecule has 1 heterocycles. The summed E-state index contributed by atoms with van der Waals surface area (Å²) >= 11 is 0. The molecule has 1 aromatic rings. The molecule has 86 valence electrons. The zero-order valence-electron chi connectivity index (χ0n) is 9.61. The highest BCUT2D eigenvalue weighted by molar-refractivity contribution is 5.81. The van der Waals surface area contributed by atoms with E-state index in [9.17, 15) is 4.79 Å². The first-order valence-electron chi connectivity index (χ1n) is 5.82. The number of hydrogen-bond acceptors (Lipinski definition) is 3. The van der Waals surface area contributed by atoms with E-state index >= 15 is 0 Å². The van der Waals surface area contributed by atoms with Crippen LogP contribution >= 0.6 is 0 Å². The quantitative estimate of drug-likeness (QED) is 0.783. The molecule has 0 saturated heterocycles. The number of carbonyl (C=O) groups is 1. The van der Waals surface area contributed by atoms with Crippen LogP contribution in [0.2, 0.25) is 0 Å². The van der Waals surface area contributed by atoms with Gasteiger partial charge in [-0.05, 0) is 25.3 Å². The van der Waals surface area contributed by atoms with Crippen LogP contribution in [0, 0.1) is 5.92 Å².